The van der Waals surface area contributed by atoms with E-state index in [0.717, 1.165) is 6.04 Å². The Morgan fingerprint density at radius 1 is 1.30 bits per heavy atom. The SMILES string of the molecule is CN(CC(C)(C)C)C1CC1. The first-order valence-electron chi connectivity index (χ1n) is 4.19. The van der Waals surface area contributed by atoms with Gasteiger partial charge in [0.05, 0.1) is 0 Å². The minimum atomic E-state index is 0.470. The fourth-order valence-corrected chi connectivity index (χ4v) is 1.39. The van der Waals surface area contributed by atoms with Crippen molar-refractivity contribution in [2.24, 2.45) is 5.41 Å². The Labute approximate surface area is 64.4 Å². The Morgan fingerprint density at radius 2 is 1.80 bits per heavy atom. The van der Waals surface area contributed by atoms with Crippen LogP contribution in [0.25, 0.3) is 0 Å². The van der Waals surface area contributed by atoms with Crippen LogP contribution in [0, 0.1) is 5.41 Å². The molecule has 1 aliphatic rings. The molecule has 0 amide bonds. The first-order chi connectivity index (χ1) is 4.49. The lowest BCUT2D eigenvalue weighted by Gasteiger charge is -2.26. The second kappa shape index (κ2) is 2.54. The summed E-state index contributed by atoms with van der Waals surface area (Å²) in [6.07, 6.45) is 2.85. The predicted octanol–water partition coefficient (Wildman–Crippen LogP) is 2.13. The van der Waals surface area contributed by atoms with E-state index in [1.165, 1.54) is 19.4 Å². The molecule has 0 N–H and O–H groups in total. The standard InChI is InChI=1S/C9H19N/c1-9(2,3)7-10(4)8-5-6-8/h8H,5-7H2,1-4H3. The van der Waals surface area contributed by atoms with Crippen LogP contribution in [0.3, 0.4) is 0 Å². The summed E-state index contributed by atoms with van der Waals surface area (Å²) in [7, 11) is 2.24. The van der Waals surface area contributed by atoms with Crippen molar-refractivity contribution >= 4 is 0 Å². The molecule has 0 saturated heterocycles. The van der Waals surface area contributed by atoms with Crippen LogP contribution in [-0.2, 0) is 0 Å². The Balaban J connectivity index is 2.23. The molecule has 1 rings (SSSR count). The van der Waals surface area contributed by atoms with Gasteiger partial charge in [0.25, 0.3) is 0 Å². The Kier molecular flexibility index (Phi) is 2.04. The van der Waals surface area contributed by atoms with Crippen LogP contribution < -0.4 is 0 Å². The van der Waals surface area contributed by atoms with Gasteiger partial charge in [-0.05, 0) is 25.3 Å². The summed E-state index contributed by atoms with van der Waals surface area (Å²) in [4.78, 5) is 2.49. The Bertz CT molecular complexity index is 108. The molecule has 0 bridgehead atoms. The second-order valence-electron chi connectivity index (χ2n) is 4.71. The number of hydrogen-bond acceptors (Lipinski definition) is 1. The van der Waals surface area contributed by atoms with E-state index in [1.807, 2.05) is 0 Å². The monoisotopic (exact) mass is 141 g/mol. The fraction of sp³-hybridized carbons (Fsp3) is 1.00. The molecule has 0 atom stereocenters. The van der Waals surface area contributed by atoms with Crippen LogP contribution in [0.2, 0.25) is 0 Å². The van der Waals surface area contributed by atoms with E-state index in [0.29, 0.717) is 5.41 Å². The highest BCUT2D eigenvalue weighted by Gasteiger charge is 2.28. The van der Waals surface area contributed by atoms with Crippen molar-refractivity contribution in [3.8, 4) is 0 Å². The summed E-state index contributed by atoms with van der Waals surface area (Å²) < 4.78 is 0. The first kappa shape index (κ1) is 8.06. The predicted molar refractivity (Wildman–Crippen MR) is 45.1 cm³/mol. The van der Waals surface area contributed by atoms with Gasteiger partial charge in [0.2, 0.25) is 0 Å². The lowest BCUT2D eigenvalue weighted by Crippen LogP contribution is -2.30. The van der Waals surface area contributed by atoms with E-state index in [1.54, 1.807) is 0 Å². The largest absolute Gasteiger partial charge is 0.303 e. The van der Waals surface area contributed by atoms with Crippen molar-refractivity contribution in [3.05, 3.63) is 0 Å². The van der Waals surface area contributed by atoms with Crippen molar-refractivity contribution in [3.63, 3.8) is 0 Å². The van der Waals surface area contributed by atoms with Crippen molar-refractivity contribution in [2.45, 2.75) is 39.7 Å². The van der Waals surface area contributed by atoms with Crippen LogP contribution in [0.1, 0.15) is 33.6 Å². The highest BCUT2D eigenvalue weighted by Crippen LogP contribution is 2.28. The molecule has 1 fully saturated rings. The average molecular weight is 141 g/mol. The van der Waals surface area contributed by atoms with E-state index in [4.69, 9.17) is 0 Å². The summed E-state index contributed by atoms with van der Waals surface area (Å²) in [5.41, 5.74) is 0.470. The third-order valence-electron chi connectivity index (χ3n) is 1.89. The number of hydrogen-bond donors (Lipinski definition) is 0. The van der Waals surface area contributed by atoms with Crippen LogP contribution in [0.5, 0.6) is 0 Å². The van der Waals surface area contributed by atoms with Crippen molar-refractivity contribution in [2.75, 3.05) is 13.6 Å². The van der Waals surface area contributed by atoms with Crippen LogP contribution in [0.15, 0.2) is 0 Å². The summed E-state index contributed by atoms with van der Waals surface area (Å²) in [6.45, 7) is 8.13. The molecule has 0 radical (unpaired) electrons. The van der Waals surface area contributed by atoms with Crippen molar-refractivity contribution < 1.29 is 0 Å². The zero-order valence-electron chi connectivity index (χ0n) is 7.65. The molecule has 0 aromatic heterocycles. The topological polar surface area (TPSA) is 3.24 Å². The summed E-state index contributed by atoms with van der Waals surface area (Å²) >= 11 is 0. The van der Waals surface area contributed by atoms with Crippen molar-refractivity contribution in [1.29, 1.82) is 0 Å². The molecule has 1 heteroatoms. The molecule has 1 nitrogen and oxygen atoms in total. The molecule has 10 heavy (non-hydrogen) atoms. The zero-order valence-corrected chi connectivity index (χ0v) is 7.65. The van der Waals surface area contributed by atoms with E-state index < -0.39 is 0 Å². The van der Waals surface area contributed by atoms with Gasteiger partial charge in [-0.2, -0.15) is 0 Å². The highest BCUT2D eigenvalue weighted by molar-refractivity contribution is 4.84. The second-order valence-corrected chi connectivity index (χ2v) is 4.71. The first-order valence-corrected chi connectivity index (χ1v) is 4.19. The summed E-state index contributed by atoms with van der Waals surface area (Å²) in [5.74, 6) is 0. The molecule has 0 aromatic carbocycles. The zero-order chi connectivity index (χ0) is 7.78. The molecule has 60 valence electrons. The van der Waals surface area contributed by atoms with E-state index in [-0.39, 0.29) is 0 Å². The van der Waals surface area contributed by atoms with Gasteiger partial charge >= 0.3 is 0 Å². The third-order valence-corrected chi connectivity index (χ3v) is 1.89. The lowest BCUT2D eigenvalue weighted by molar-refractivity contribution is 0.219. The minimum Gasteiger partial charge on any atom is -0.303 e. The van der Waals surface area contributed by atoms with Gasteiger partial charge in [-0.1, -0.05) is 20.8 Å². The smallest absolute Gasteiger partial charge is 0.00935 e. The maximum Gasteiger partial charge on any atom is 0.00935 e. The normalized spacial score (nSPS) is 20.1. The molecule has 0 heterocycles. The van der Waals surface area contributed by atoms with Crippen LogP contribution >= 0.6 is 0 Å². The third kappa shape index (κ3) is 2.70. The van der Waals surface area contributed by atoms with Crippen LogP contribution in [-0.4, -0.2) is 24.5 Å². The summed E-state index contributed by atoms with van der Waals surface area (Å²) in [5, 5.41) is 0. The molecule has 1 aliphatic carbocycles. The van der Waals surface area contributed by atoms with E-state index >= 15 is 0 Å². The summed E-state index contributed by atoms with van der Waals surface area (Å²) in [6, 6.07) is 0.916. The molecular weight excluding hydrogens is 122 g/mol. The van der Waals surface area contributed by atoms with Gasteiger partial charge in [-0.15, -0.1) is 0 Å². The minimum absolute atomic E-state index is 0.470. The van der Waals surface area contributed by atoms with Gasteiger partial charge in [0.15, 0.2) is 0 Å². The number of rotatable bonds is 2. The van der Waals surface area contributed by atoms with Gasteiger partial charge in [0, 0.05) is 12.6 Å². The van der Waals surface area contributed by atoms with E-state index in [9.17, 15) is 0 Å². The molecule has 0 unspecified atom stereocenters. The van der Waals surface area contributed by atoms with Gasteiger partial charge in [-0.3, -0.25) is 0 Å². The van der Waals surface area contributed by atoms with Gasteiger partial charge in [-0.25, -0.2) is 0 Å². The Morgan fingerprint density at radius 3 is 2.10 bits per heavy atom. The lowest BCUT2D eigenvalue weighted by atomic mass is 9.96. The Hall–Kier alpha value is -0.0400. The maximum atomic E-state index is 2.49. The molecule has 0 spiro atoms. The van der Waals surface area contributed by atoms with Gasteiger partial charge < -0.3 is 4.90 Å². The average Bonchev–Trinajstić information content (AvgIpc) is 2.35. The molecule has 0 aliphatic heterocycles. The highest BCUT2D eigenvalue weighted by atomic mass is 15.2. The molecule has 1 saturated carbocycles. The quantitative estimate of drug-likeness (QED) is 0.569. The van der Waals surface area contributed by atoms with Gasteiger partial charge in [0.1, 0.15) is 0 Å². The fourth-order valence-electron chi connectivity index (χ4n) is 1.39. The van der Waals surface area contributed by atoms with Crippen molar-refractivity contribution in [1.82, 2.24) is 4.90 Å². The maximum absolute atomic E-state index is 2.49. The molecular formula is C9H19N. The van der Waals surface area contributed by atoms with Crippen LogP contribution in [0.4, 0.5) is 0 Å². The molecule has 0 aromatic rings. The number of nitrogens with zero attached hydrogens (tertiary/aromatic N) is 1. The van der Waals surface area contributed by atoms with E-state index in [2.05, 4.69) is 32.7 Å².